The Kier molecular flexibility index (Phi) is 7.88. The lowest BCUT2D eigenvalue weighted by Gasteiger charge is -2.25. The monoisotopic (exact) mass is 299 g/mol. The van der Waals surface area contributed by atoms with Crippen LogP contribution in [0.2, 0.25) is 5.02 Å². The highest BCUT2D eigenvalue weighted by Gasteiger charge is 2.11. The molecule has 0 unspecified atom stereocenters. The maximum Gasteiger partial charge on any atom is 0.147 e. The van der Waals surface area contributed by atoms with Crippen LogP contribution in [-0.4, -0.2) is 47.7 Å². The fraction of sp³-hybridized carbons (Fsp3) is 0.667. The summed E-state index contributed by atoms with van der Waals surface area (Å²) >= 11 is 6.25. The molecule has 0 atom stereocenters. The van der Waals surface area contributed by atoms with E-state index in [0.29, 0.717) is 5.02 Å². The quantitative estimate of drug-likeness (QED) is 0.761. The fourth-order valence-electron chi connectivity index (χ4n) is 2.23. The van der Waals surface area contributed by atoms with E-state index < -0.39 is 0 Å². The number of hydrogen-bond donors (Lipinski definition) is 1. The molecule has 1 aromatic heterocycles. The summed E-state index contributed by atoms with van der Waals surface area (Å²) in [7, 11) is 0. The van der Waals surface area contributed by atoms with Crippen LogP contribution in [-0.2, 0) is 6.61 Å². The van der Waals surface area contributed by atoms with Gasteiger partial charge in [0.2, 0.25) is 0 Å². The van der Waals surface area contributed by atoms with Crippen LogP contribution in [0.15, 0.2) is 12.3 Å². The van der Waals surface area contributed by atoms with Crippen LogP contribution in [0.4, 0.5) is 5.82 Å². The Balaban J connectivity index is 2.62. The van der Waals surface area contributed by atoms with E-state index in [1.54, 1.807) is 12.3 Å². The van der Waals surface area contributed by atoms with Gasteiger partial charge in [0.1, 0.15) is 5.82 Å². The number of rotatable bonds is 9. The second kappa shape index (κ2) is 9.16. The zero-order valence-electron chi connectivity index (χ0n) is 12.8. The number of aromatic nitrogens is 1. The molecule has 0 aliphatic rings. The van der Waals surface area contributed by atoms with Crippen LogP contribution >= 0.6 is 11.6 Å². The third-order valence-corrected chi connectivity index (χ3v) is 3.82. The minimum Gasteiger partial charge on any atom is -0.392 e. The minimum absolute atomic E-state index is 0.0267. The number of aliphatic hydroxyl groups excluding tert-OH is 1. The average molecular weight is 300 g/mol. The van der Waals surface area contributed by atoms with Gasteiger partial charge in [0.25, 0.3) is 0 Å². The van der Waals surface area contributed by atoms with Crippen molar-refractivity contribution in [2.24, 2.45) is 0 Å². The van der Waals surface area contributed by atoms with E-state index in [1.165, 1.54) is 0 Å². The van der Waals surface area contributed by atoms with Gasteiger partial charge in [-0.1, -0.05) is 25.4 Å². The molecule has 0 fully saturated rings. The van der Waals surface area contributed by atoms with Gasteiger partial charge in [0.15, 0.2) is 0 Å². The number of halogens is 1. The molecule has 1 aromatic rings. The maximum absolute atomic E-state index is 9.09. The molecule has 0 saturated heterocycles. The van der Waals surface area contributed by atoms with Crippen molar-refractivity contribution >= 4 is 17.4 Å². The van der Waals surface area contributed by atoms with Crippen LogP contribution in [0, 0.1) is 0 Å². The van der Waals surface area contributed by atoms with Gasteiger partial charge in [-0.25, -0.2) is 4.98 Å². The fourth-order valence-corrected chi connectivity index (χ4v) is 2.54. The molecular weight excluding hydrogens is 274 g/mol. The van der Waals surface area contributed by atoms with Crippen LogP contribution in [0.1, 0.15) is 32.8 Å². The topological polar surface area (TPSA) is 39.6 Å². The van der Waals surface area contributed by atoms with Crippen molar-refractivity contribution < 1.29 is 5.11 Å². The Morgan fingerprint density at radius 3 is 2.35 bits per heavy atom. The van der Waals surface area contributed by atoms with Gasteiger partial charge in [-0.3, -0.25) is 0 Å². The van der Waals surface area contributed by atoms with Gasteiger partial charge in [-0.2, -0.15) is 0 Å². The first-order valence-electron chi connectivity index (χ1n) is 7.38. The van der Waals surface area contributed by atoms with E-state index in [1.807, 2.05) is 0 Å². The first-order valence-corrected chi connectivity index (χ1v) is 7.76. The molecular formula is C15H26ClN3O. The third kappa shape index (κ3) is 4.93. The Morgan fingerprint density at radius 1 is 1.15 bits per heavy atom. The van der Waals surface area contributed by atoms with E-state index in [-0.39, 0.29) is 6.61 Å². The Hall–Kier alpha value is -0.840. The molecule has 4 nitrogen and oxygen atoms in total. The smallest absolute Gasteiger partial charge is 0.147 e. The highest BCUT2D eigenvalue weighted by atomic mass is 35.5. The lowest BCUT2D eigenvalue weighted by molar-refractivity contribution is 0.281. The van der Waals surface area contributed by atoms with Crippen molar-refractivity contribution in [1.82, 2.24) is 9.88 Å². The summed E-state index contributed by atoms with van der Waals surface area (Å²) in [5.74, 6) is 0.811. The molecule has 0 aliphatic carbocycles. The van der Waals surface area contributed by atoms with E-state index >= 15 is 0 Å². The van der Waals surface area contributed by atoms with Crippen molar-refractivity contribution in [3.05, 3.63) is 22.8 Å². The van der Waals surface area contributed by atoms with Crippen molar-refractivity contribution in [3.63, 3.8) is 0 Å². The number of pyridine rings is 1. The molecule has 0 amide bonds. The number of hydrogen-bond acceptors (Lipinski definition) is 4. The summed E-state index contributed by atoms with van der Waals surface area (Å²) in [6.07, 6.45) is 2.78. The SMILES string of the molecule is CCN(CC)CCCN(CC)c1ncc(CO)cc1Cl. The second-order valence-electron chi connectivity index (χ2n) is 4.77. The van der Waals surface area contributed by atoms with E-state index in [4.69, 9.17) is 16.7 Å². The molecule has 20 heavy (non-hydrogen) atoms. The Labute approximate surface area is 127 Å². The van der Waals surface area contributed by atoms with Gasteiger partial charge in [-0.05, 0) is 44.6 Å². The molecule has 0 radical (unpaired) electrons. The van der Waals surface area contributed by atoms with Crippen LogP contribution in [0.3, 0.4) is 0 Å². The Bertz CT molecular complexity index is 397. The average Bonchev–Trinajstić information content (AvgIpc) is 2.48. The third-order valence-electron chi connectivity index (χ3n) is 3.54. The van der Waals surface area contributed by atoms with E-state index in [2.05, 4.69) is 35.6 Å². The van der Waals surface area contributed by atoms with Crippen LogP contribution < -0.4 is 4.90 Å². The molecule has 0 spiro atoms. The molecule has 0 bridgehead atoms. The summed E-state index contributed by atoms with van der Waals surface area (Å²) in [5, 5.41) is 9.70. The summed E-state index contributed by atoms with van der Waals surface area (Å²) in [4.78, 5) is 8.98. The van der Waals surface area contributed by atoms with Crippen molar-refractivity contribution in [3.8, 4) is 0 Å². The highest BCUT2D eigenvalue weighted by Crippen LogP contribution is 2.24. The van der Waals surface area contributed by atoms with Gasteiger partial charge in [0, 0.05) is 19.3 Å². The van der Waals surface area contributed by atoms with Crippen LogP contribution in [0.25, 0.3) is 0 Å². The van der Waals surface area contributed by atoms with E-state index in [9.17, 15) is 0 Å². The molecule has 1 rings (SSSR count). The molecule has 5 heteroatoms. The second-order valence-corrected chi connectivity index (χ2v) is 5.17. The van der Waals surface area contributed by atoms with Crippen molar-refractivity contribution in [1.29, 1.82) is 0 Å². The lowest BCUT2D eigenvalue weighted by Crippen LogP contribution is -2.30. The number of aliphatic hydroxyl groups is 1. The maximum atomic E-state index is 9.09. The van der Waals surface area contributed by atoms with Crippen LogP contribution in [0.5, 0.6) is 0 Å². The minimum atomic E-state index is -0.0267. The van der Waals surface area contributed by atoms with Gasteiger partial charge >= 0.3 is 0 Å². The molecule has 0 aliphatic heterocycles. The molecule has 0 aromatic carbocycles. The standard InChI is InChI=1S/C15H26ClN3O/c1-4-18(5-2)8-7-9-19(6-3)15-14(16)10-13(12-20)11-17-15/h10-11,20H,4-9,12H2,1-3H3. The number of anilines is 1. The highest BCUT2D eigenvalue weighted by molar-refractivity contribution is 6.33. The predicted molar refractivity (Wildman–Crippen MR) is 85.5 cm³/mol. The van der Waals surface area contributed by atoms with Crippen molar-refractivity contribution in [2.45, 2.75) is 33.8 Å². The largest absolute Gasteiger partial charge is 0.392 e. The first kappa shape index (κ1) is 17.2. The first-order chi connectivity index (χ1) is 9.65. The zero-order chi connectivity index (χ0) is 15.0. The lowest BCUT2D eigenvalue weighted by atomic mass is 10.2. The zero-order valence-corrected chi connectivity index (χ0v) is 13.5. The summed E-state index contributed by atoms with van der Waals surface area (Å²) in [5.41, 5.74) is 0.748. The number of nitrogens with zero attached hydrogens (tertiary/aromatic N) is 3. The summed E-state index contributed by atoms with van der Waals surface area (Å²) in [6, 6.07) is 1.79. The molecule has 0 saturated carbocycles. The van der Waals surface area contributed by atoms with Crippen molar-refractivity contribution in [2.75, 3.05) is 37.6 Å². The van der Waals surface area contributed by atoms with Gasteiger partial charge in [-0.15, -0.1) is 0 Å². The Morgan fingerprint density at radius 2 is 1.85 bits per heavy atom. The van der Waals surface area contributed by atoms with E-state index in [0.717, 1.165) is 50.5 Å². The summed E-state index contributed by atoms with van der Waals surface area (Å²) in [6.45, 7) is 11.5. The molecule has 1 heterocycles. The molecule has 1 N–H and O–H groups in total. The van der Waals surface area contributed by atoms with Gasteiger partial charge in [0.05, 0.1) is 11.6 Å². The van der Waals surface area contributed by atoms with Gasteiger partial charge < -0.3 is 14.9 Å². The molecule has 114 valence electrons. The normalized spacial score (nSPS) is 11.1. The predicted octanol–water partition coefficient (Wildman–Crippen LogP) is 2.79. The summed E-state index contributed by atoms with van der Waals surface area (Å²) < 4.78 is 0.